The van der Waals surface area contributed by atoms with Gasteiger partial charge >= 0.3 is 11.9 Å². The van der Waals surface area contributed by atoms with Crippen LogP contribution in [0.5, 0.6) is 0 Å². The number of hydrogen-bond donors (Lipinski definition) is 0. The molecule has 0 saturated heterocycles. The summed E-state index contributed by atoms with van der Waals surface area (Å²) in [6.07, 6.45) is 25.7. The van der Waals surface area contributed by atoms with Gasteiger partial charge in [0.25, 0.3) is 0 Å². The zero-order valence-corrected chi connectivity index (χ0v) is 27.7. The van der Waals surface area contributed by atoms with Crippen LogP contribution in [0.4, 0.5) is 0 Å². The average Bonchev–Trinajstić information content (AvgIpc) is 2.91. The third-order valence-corrected chi connectivity index (χ3v) is 7.46. The molecule has 0 heterocycles. The highest BCUT2D eigenvalue weighted by Gasteiger charge is 2.25. The molecule has 0 aliphatic rings. The second kappa shape index (κ2) is 26.7. The summed E-state index contributed by atoms with van der Waals surface area (Å²) in [5, 5.41) is 11.4. The van der Waals surface area contributed by atoms with Crippen molar-refractivity contribution in [2.75, 3.05) is 41.0 Å². The second-order valence-corrected chi connectivity index (χ2v) is 12.5. The minimum Gasteiger partial charge on any atom is -0.544 e. The summed E-state index contributed by atoms with van der Waals surface area (Å²) >= 11 is 0. The molecule has 0 aromatic rings. The molecular weight excluding hydrogens is 534 g/mol. The monoisotopic (exact) mass is 597 g/mol. The van der Waals surface area contributed by atoms with E-state index >= 15 is 0 Å². The number of likely N-dealkylation sites (N-methyl/N-ethyl adjacent to an activating group) is 1. The maximum Gasteiger partial charge on any atom is 0.306 e. The van der Waals surface area contributed by atoms with Gasteiger partial charge in [0, 0.05) is 19.8 Å². The summed E-state index contributed by atoms with van der Waals surface area (Å²) in [7, 11) is 5.35. The molecule has 0 spiro atoms. The van der Waals surface area contributed by atoms with Crippen molar-refractivity contribution < 1.29 is 38.2 Å². The molecule has 0 aliphatic carbocycles. The summed E-state index contributed by atoms with van der Waals surface area (Å²) in [4.78, 5) is 34.9. The molecule has 0 saturated carbocycles. The van der Waals surface area contributed by atoms with Crippen LogP contribution < -0.4 is 5.11 Å². The zero-order valence-electron chi connectivity index (χ0n) is 27.7. The Morgan fingerprint density at radius 1 is 0.738 bits per heavy atom. The third-order valence-electron chi connectivity index (χ3n) is 7.46. The molecule has 8 heteroatoms. The van der Waals surface area contributed by atoms with Gasteiger partial charge in [-0.2, -0.15) is 0 Å². The first kappa shape index (κ1) is 40.1. The number of quaternary nitrogens is 1. The lowest BCUT2D eigenvalue weighted by Crippen LogP contribution is -2.55. The van der Waals surface area contributed by atoms with E-state index in [0.717, 1.165) is 19.3 Å². The van der Waals surface area contributed by atoms with Crippen LogP contribution in [0.15, 0.2) is 12.2 Å². The van der Waals surface area contributed by atoms with Gasteiger partial charge in [0.15, 0.2) is 6.10 Å². The van der Waals surface area contributed by atoms with E-state index in [9.17, 15) is 19.5 Å². The van der Waals surface area contributed by atoms with Crippen LogP contribution in [0.25, 0.3) is 0 Å². The predicted molar refractivity (Wildman–Crippen MR) is 167 cm³/mol. The highest BCUT2D eigenvalue weighted by molar-refractivity contribution is 5.70. The van der Waals surface area contributed by atoms with E-state index in [-0.39, 0.29) is 36.7 Å². The smallest absolute Gasteiger partial charge is 0.306 e. The standard InChI is InChI=1S/C34H63NO7/c1-6-7-8-9-10-11-12-13-14-15-16-17-18-19-20-21-22-23-24-25-33(37)42-31(29-41-30(2)36)28-40-27-26-32(34(38)39)35(3,4)5/h13-14,31-32H,6-12,15-29H2,1-5H3/b14-13-. The Morgan fingerprint density at radius 3 is 1.71 bits per heavy atom. The molecule has 0 aliphatic heterocycles. The van der Waals surface area contributed by atoms with Gasteiger partial charge in [-0.1, -0.05) is 96.1 Å². The molecule has 2 unspecified atom stereocenters. The quantitative estimate of drug-likeness (QED) is 0.0432. The number of carbonyl (C=O) groups is 3. The topological polar surface area (TPSA) is 102 Å². The van der Waals surface area contributed by atoms with Crippen molar-refractivity contribution in [3.05, 3.63) is 12.2 Å². The Bertz CT molecular complexity index is 717. The first-order valence-corrected chi connectivity index (χ1v) is 16.7. The average molecular weight is 598 g/mol. The Labute approximate surface area is 257 Å². The molecule has 0 bridgehead atoms. The summed E-state index contributed by atoms with van der Waals surface area (Å²) in [5.41, 5.74) is 0. The molecule has 0 radical (unpaired) electrons. The molecular formula is C34H63NO7. The summed E-state index contributed by atoms with van der Waals surface area (Å²) < 4.78 is 16.3. The molecule has 0 aromatic heterocycles. The van der Waals surface area contributed by atoms with Gasteiger partial charge < -0.3 is 28.6 Å². The van der Waals surface area contributed by atoms with Crippen molar-refractivity contribution in [2.24, 2.45) is 0 Å². The minimum atomic E-state index is -1.13. The highest BCUT2D eigenvalue weighted by Crippen LogP contribution is 2.13. The maximum atomic E-state index is 12.3. The number of unbranched alkanes of at least 4 members (excludes halogenated alkanes) is 15. The third kappa shape index (κ3) is 25.8. The Balaban J connectivity index is 3.87. The summed E-state index contributed by atoms with van der Waals surface area (Å²) in [5.74, 6) is -1.93. The molecule has 0 amide bonds. The van der Waals surface area contributed by atoms with E-state index in [1.54, 1.807) is 21.1 Å². The summed E-state index contributed by atoms with van der Waals surface area (Å²) in [6, 6.07) is -0.716. The number of carboxylic acid groups (broad SMARTS) is 1. The second-order valence-electron chi connectivity index (χ2n) is 12.5. The molecule has 42 heavy (non-hydrogen) atoms. The fourth-order valence-corrected chi connectivity index (χ4v) is 4.85. The number of allylic oxidation sites excluding steroid dienone is 2. The van der Waals surface area contributed by atoms with Gasteiger partial charge in [-0.05, 0) is 32.1 Å². The maximum absolute atomic E-state index is 12.3. The number of rotatable bonds is 29. The fraction of sp³-hybridized carbons (Fsp3) is 0.853. The molecule has 8 nitrogen and oxygen atoms in total. The van der Waals surface area contributed by atoms with Crippen LogP contribution in [0.3, 0.4) is 0 Å². The summed E-state index contributed by atoms with van der Waals surface area (Å²) in [6.45, 7) is 3.67. The first-order valence-electron chi connectivity index (χ1n) is 16.7. The van der Waals surface area contributed by atoms with E-state index in [1.807, 2.05) is 0 Å². The van der Waals surface area contributed by atoms with Crippen molar-refractivity contribution in [1.82, 2.24) is 0 Å². The van der Waals surface area contributed by atoms with Gasteiger partial charge in [-0.3, -0.25) is 9.59 Å². The van der Waals surface area contributed by atoms with Gasteiger partial charge in [0.1, 0.15) is 12.6 Å². The van der Waals surface area contributed by atoms with E-state index in [4.69, 9.17) is 14.2 Å². The van der Waals surface area contributed by atoms with Crippen molar-refractivity contribution in [1.29, 1.82) is 0 Å². The Kier molecular flexibility index (Phi) is 25.5. The molecule has 0 fully saturated rings. The van der Waals surface area contributed by atoms with Crippen LogP contribution in [0, 0.1) is 0 Å². The highest BCUT2D eigenvalue weighted by atomic mass is 16.6. The predicted octanol–water partition coefficient (Wildman–Crippen LogP) is 6.29. The van der Waals surface area contributed by atoms with Crippen molar-refractivity contribution in [2.45, 2.75) is 148 Å². The Morgan fingerprint density at radius 2 is 1.24 bits per heavy atom. The van der Waals surface area contributed by atoms with E-state index in [0.29, 0.717) is 6.42 Å². The number of ether oxygens (including phenoxy) is 3. The fourth-order valence-electron chi connectivity index (χ4n) is 4.85. The number of carbonyl (C=O) groups excluding carboxylic acids is 3. The number of hydrogen-bond acceptors (Lipinski definition) is 7. The van der Waals surface area contributed by atoms with Gasteiger partial charge in [-0.25, -0.2) is 0 Å². The molecule has 0 aromatic carbocycles. The van der Waals surface area contributed by atoms with E-state index in [2.05, 4.69) is 19.1 Å². The molecule has 0 N–H and O–H groups in total. The normalized spacial score (nSPS) is 13.3. The largest absolute Gasteiger partial charge is 0.544 e. The zero-order chi connectivity index (χ0) is 31.5. The lowest BCUT2D eigenvalue weighted by atomic mass is 10.1. The number of aliphatic carboxylic acids is 1. The van der Waals surface area contributed by atoms with Crippen molar-refractivity contribution in [3.63, 3.8) is 0 Å². The number of esters is 2. The van der Waals surface area contributed by atoms with Crippen molar-refractivity contribution in [3.8, 4) is 0 Å². The van der Waals surface area contributed by atoms with E-state index < -0.39 is 24.1 Å². The molecule has 2 atom stereocenters. The first-order chi connectivity index (χ1) is 20.1. The van der Waals surface area contributed by atoms with Gasteiger partial charge in [0.05, 0.1) is 40.3 Å². The van der Waals surface area contributed by atoms with Crippen molar-refractivity contribution >= 4 is 17.9 Å². The lowest BCUT2D eigenvalue weighted by Gasteiger charge is -2.34. The van der Waals surface area contributed by atoms with Crippen LogP contribution >= 0.6 is 0 Å². The number of carboxylic acids is 1. The molecule has 0 rings (SSSR count). The minimum absolute atomic E-state index is 0.0331. The van der Waals surface area contributed by atoms with E-state index in [1.165, 1.54) is 96.8 Å². The van der Waals surface area contributed by atoms with Crippen LogP contribution in [-0.2, 0) is 28.6 Å². The van der Waals surface area contributed by atoms with Crippen LogP contribution in [-0.4, -0.2) is 75.5 Å². The number of nitrogens with zero attached hydrogens (tertiary/aromatic N) is 1. The molecule has 246 valence electrons. The lowest BCUT2D eigenvalue weighted by molar-refractivity contribution is -0.889. The van der Waals surface area contributed by atoms with Gasteiger partial charge in [-0.15, -0.1) is 0 Å². The SMILES string of the molecule is CCCCCCCC/C=C\CCCCCCCCCCCC(=O)OC(COCCC(C(=O)[O-])[N+](C)(C)C)COC(C)=O. The van der Waals surface area contributed by atoms with Gasteiger partial charge in [0.2, 0.25) is 0 Å². The van der Waals surface area contributed by atoms with Crippen LogP contribution in [0.1, 0.15) is 136 Å². The van der Waals surface area contributed by atoms with Crippen LogP contribution in [0.2, 0.25) is 0 Å². The Hall–Kier alpha value is -1.93.